The number of rotatable bonds is 6. The molecule has 1 fully saturated rings. The van der Waals surface area contributed by atoms with Gasteiger partial charge in [0, 0.05) is 18.9 Å². The van der Waals surface area contributed by atoms with Crippen LogP contribution in [0.2, 0.25) is 0 Å². The van der Waals surface area contributed by atoms with Crippen LogP contribution < -0.4 is 15.4 Å². The number of amides is 1. The second kappa shape index (κ2) is 8.02. The minimum absolute atomic E-state index is 0.00250. The summed E-state index contributed by atoms with van der Waals surface area (Å²) in [5, 5.41) is 10.7. The predicted octanol–water partition coefficient (Wildman–Crippen LogP) is 3.30. The fraction of sp³-hybridized carbons (Fsp3) is 0.450. The Morgan fingerprint density at radius 3 is 2.64 bits per heavy atom. The van der Waals surface area contributed by atoms with Crippen LogP contribution in [0.5, 0.6) is 5.75 Å². The van der Waals surface area contributed by atoms with Crippen molar-refractivity contribution in [2.45, 2.75) is 44.8 Å². The molecule has 1 aliphatic heterocycles. The highest BCUT2D eigenvalue weighted by molar-refractivity contribution is 7.07. The highest BCUT2D eigenvalue weighted by Crippen LogP contribution is 2.27. The summed E-state index contributed by atoms with van der Waals surface area (Å²) in [7, 11) is 0. The zero-order chi connectivity index (χ0) is 17.7. The van der Waals surface area contributed by atoms with Gasteiger partial charge in [-0.1, -0.05) is 17.7 Å². The first-order chi connectivity index (χ1) is 12.1. The van der Waals surface area contributed by atoms with Crippen molar-refractivity contribution in [3.05, 3.63) is 52.2 Å². The molecule has 0 saturated carbocycles. The van der Waals surface area contributed by atoms with Gasteiger partial charge in [0.15, 0.2) is 5.60 Å². The monoisotopic (exact) mass is 358 g/mol. The second-order valence-electron chi connectivity index (χ2n) is 6.87. The zero-order valence-corrected chi connectivity index (χ0v) is 15.7. The summed E-state index contributed by atoms with van der Waals surface area (Å²) >= 11 is 1.69. The Kier molecular flexibility index (Phi) is 5.76. The standard InChI is InChI=1S/C20H26N2O2S/c1-15-3-5-18(6-4-15)24-20(8-10-21-11-9-20)19(23)22-16(2)13-17-7-12-25-14-17/h3-7,12,14,16,21H,8-11,13H2,1-2H3,(H,22,23)/t16-/m0/s1. The Balaban J connectivity index is 1.70. The van der Waals surface area contributed by atoms with Crippen molar-refractivity contribution in [2.75, 3.05) is 13.1 Å². The van der Waals surface area contributed by atoms with Crippen molar-refractivity contribution in [3.8, 4) is 5.75 Å². The lowest BCUT2D eigenvalue weighted by Gasteiger charge is -2.37. The Bertz CT molecular complexity index is 676. The van der Waals surface area contributed by atoms with E-state index in [2.05, 4.69) is 34.4 Å². The summed E-state index contributed by atoms with van der Waals surface area (Å²) in [6.07, 6.45) is 2.20. The highest BCUT2D eigenvalue weighted by Gasteiger charge is 2.42. The van der Waals surface area contributed by atoms with Crippen LogP contribution >= 0.6 is 11.3 Å². The molecule has 5 heteroatoms. The highest BCUT2D eigenvalue weighted by atomic mass is 32.1. The van der Waals surface area contributed by atoms with Gasteiger partial charge in [0.1, 0.15) is 5.75 Å². The van der Waals surface area contributed by atoms with Crippen LogP contribution in [0.3, 0.4) is 0 Å². The number of aryl methyl sites for hydroxylation is 1. The lowest BCUT2D eigenvalue weighted by molar-refractivity contribution is -0.139. The van der Waals surface area contributed by atoms with Crippen LogP contribution in [0.4, 0.5) is 0 Å². The summed E-state index contributed by atoms with van der Waals surface area (Å²) in [6.45, 7) is 5.68. The Morgan fingerprint density at radius 1 is 1.28 bits per heavy atom. The third-order valence-corrected chi connectivity index (χ3v) is 5.39. The molecular formula is C20H26N2O2S. The summed E-state index contributed by atoms with van der Waals surface area (Å²) in [6, 6.07) is 10.1. The molecule has 1 aromatic carbocycles. The van der Waals surface area contributed by atoms with Gasteiger partial charge in [-0.25, -0.2) is 0 Å². The fourth-order valence-corrected chi connectivity index (χ4v) is 3.89. The molecule has 2 aromatic rings. The van der Waals surface area contributed by atoms with Gasteiger partial charge in [0.25, 0.3) is 5.91 Å². The SMILES string of the molecule is Cc1ccc(OC2(C(=O)N[C@@H](C)Cc3ccsc3)CCNCC2)cc1. The molecule has 2 N–H and O–H groups in total. The van der Waals surface area contributed by atoms with Crippen LogP contribution in [0.15, 0.2) is 41.1 Å². The van der Waals surface area contributed by atoms with Crippen molar-refractivity contribution in [1.29, 1.82) is 0 Å². The smallest absolute Gasteiger partial charge is 0.264 e. The zero-order valence-electron chi connectivity index (χ0n) is 14.9. The molecule has 1 aliphatic rings. The number of carbonyl (C=O) groups excluding carboxylic acids is 1. The van der Waals surface area contributed by atoms with E-state index in [1.54, 1.807) is 11.3 Å². The van der Waals surface area contributed by atoms with Crippen molar-refractivity contribution >= 4 is 17.2 Å². The third kappa shape index (κ3) is 4.61. The van der Waals surface area contributed by atoms with E-state index in [9.17, 15) is 4.79 Å². The topological polar surface area (TPSA) is 50.4 Å². The average molecular weight is 359 g/mol. The van der Waals surface area contributed by atoms with Gasteiger partial charge in [-0.05, 0) is 67.9 Å². The number of nitrogens with one attached hydrogen (secondary N) is 2. The molecule has 0 bridgehead atoms. The number of piperidine rings is 1. The largest absolute Gasteiger partial charge is 0.477 e. The molecular weight excluding hydrogens is 332 g/mol. The Morgan fingerprint density at radius 2 is 2.00 bits per heavy atom. The van der Waals surface area contributed by atoms with E-state index in [4.69, 9.17) is 4.74 Å². The molecule has 0 unspecified atom stereocenters. The second-order valence-corrected chi connectivity index (χ2v) is 7.65. The summed E-state index contributed by atoms with van der Waals surface area (Å²) < 4.78 is 6.25. The molecule has 134 valence electrons. The summed E-state index contributed by atoms with van der Waals surface area (Å²) in [5.74, 6) is 0.755. The maximum atomic E-state index is 13.1. The summed E-state index contributed by atoms with van der Waals surface area (Å²) in [4.78, 5) is 13.1. The fourth-order valence-electron chi connectivity index (χ4n) is 3.21. The Labute approximate surface area is 153 Å². The van der Waals surface area contributed by atoms with E-state index >= 15 is 0 Å². The molecule has 2 heterocycles. The summed E-state index contributed by atoms with van der Waals surface area (Å²) in [5.41, 5.74) is 1.65. The van der Waals surface area contributed by atoms with Crippen molar-refractivity contribution < 1.29 is 9.53 Å². The lowest BCUT2D eigenvalue weighted by atomic mass is 9.90. The van der Waals surface area contributed by atoms with E-state index in [1.165, 1.54) is 11.1 Å². The predicted molar refractivity (Wildman–Crippen MR) is 102 cm³/mol. The van der Waals surface area contributed by atoms with Gasteiger partial charge in [0.05, 0.1) is 0 Å². The van der Waals surface area contributed by atoms with Crippen molar-refractivity contribution in [1.82, 2.24) is 10.6 Å². The average Bonchev–Trinajstić information content (AvgIpc) is 3.10. The Hall–Kier alpha value is -1.85. The molecule has 1 saturated heterocycles. The number of carbonyl (C=O) groups is 1. The van der Waals surface area contributed by atoms with Crippen LogP contribution in [0, 0.1) is 6.92 Å². The van der Waals surface area contributed by atoms with E-state index in [-0.39, 0.29) is 11.9 Å². The van der Waals surface area contributed by atoms with E-state index in [0.717, 1.165) is 25.3 Å². The number of hydrogen-bond acceptors (Lipinski definition) is 4. The molecule has 0 aliphatic carbocycles. The number of hydrogen-bond donors (Lipinski definition) is 2. The van der Waals surface area contributed by atoms with E-state index in [1.807, 2.05) is 31.2 Å². The van der Waals surface area contributed by atoms with Crippen LogP contribution in [0.25, 0.3) is 0 Å². The van der Waals surface area contributed by atoms with Crippen LogP contribution in [-0.2, 0) is 11.2 Å². The lowest BCUT2D eigenvalue weighted by Crippen LogP contribution is -2.58. The first-order valence-corrected chi connectivity index (χ1v) is 9.80. The normalized spacial score (nSPS) is 17.7. The number of benzene rings is 1. The minimum Gasteiger partial charge on any atom is -0.477 e. The maximum absolute atomic E-state index is 13.1. The van der Waals surface area contributed by atoms with Crippen molar-refractivity contribution in [2.24, 2.45) is 0 Å². The van der Waals surface area contributed by atoms with Gasteiger partial charge in [-0.3, -0.25) is 4.79 Å². The minimum atomic E-state index is -0.788. The third-order valence-electron chi connectivity index (χ3n) is 4.66. The van der Waals surface area contributed by atoms with Crippen LogP contribution in [-0.4, -0.2) is 30.6 Å². The van der Waals surface area contributed by atoms with Crippen LogP contribution in [0.1, 0.15) is 30.9 Å². The van der Waals surface area contributed by atoms with E-state index < -0.39 is 5.60 Å². The van der Waals surface area contributed by atoms with Gasteiger partial charge in [-0.15, -0.1) is 0 Å². The maximum Gasteiger partial charge on any atom is 0.264 e. The number of thiophene rings is 1. The van der Waals surface area contributed by atoms with Crippen molar-refractivity contribution in [3.63, 3.8) is 0 Å². The molecule has 3 rings (SSSR count). The first kappa shape index (κ1) is 18.0. The molecule has 25 heavy (non-hydrogen) atoms. The number of ether oxygens (including phenoxy) is 1. The quantitative estimate of drug-likeness (QED) is 0.833. The van der Waals surface area contributed by atoms with Gasteiger partial charge < -0.3 is 15.4 Å². The van der Waals surface area contributed by atoms with Gasteiger partial charge in [-0.2, -0.15) is 11.3 Å². The molecule has 0 radical (unpaired) electrons. The molecule has 1 atom stereocenters. The molecule has 0 spiro atoms. The van der Waals surface area contributed by atoms with E-state index in [0.29, 0.717) is 12.8 Å². The molecule has 1 amide bonds. The molecule has 4 nitrogen and oxygen atoms in total. The van der Waals surface area contributed by atoms with Gasteiger partial charge >= 0.3 is 0 Å². The first-order valence-electron chi connectivity index (χ1n) is 8.86. The van der Waals surface area contributed by atoms with Gasteiger partial charge in [0.2, 0.25) is 0 Å². The molecule has 1 aromatic heterocycles.